The van der Waals surface area contributed by atoms with Crippen LogP contribution in [0.1, 0.15) is 18.1 Å². The highest BCUT2D eigenvalue weighted by Gasteiger charge is 2.31. The Kier molecular flexibility index (Phi) is 6.39. The summed E-state index contributed by atoms with van der Waals surface area (Å²) in [7, 11) is 0. The van der Waals surface area contributed by atoms with Gasteiger partial charge in [0.2, 0.25) is 5.91 Å². The van der Waals surface area contributed by atoms with Gasteiger partial charge in [-0.15, -0.1) is 0 Å². The molecule has 29 heavy (non-hydrogen) atoms. The molecule has 8 heteroatoms. The van der Waals surface area contributed by atoms with E-state index in [0.717, 1.165) is 11.6 Å². The minimum Gasteiger partial charge on any atom is -0.369 e. The maximum absolute atomic E-state index is 12.9. The van der Waals surface area contributed by atoms with Crippen molar-refractivity contribution in [3.63, 3.8) is 0 Å². The molecule has 0 spiro atoms. The van der Waals surface area contributed by atoms with Crippen molar-refractivity contribution in [2.24, 2.45) is 0 Å². The summed E-state index contributed by atoms with van der Waals surface area (Å²) < 4.78 is 38.8. The van der Waals surface area contributed by atoms with Crippen molar-refractivity contribution in [2.45, 2.75) is 26.1 Å². The molecule has 1 saturated heterocycles. The highest BCUT2D eigenvalue weighted by Crippen LogP contribution is 2.32. The van der Waals surface area contributed by atoms with Gasteiger partial charge in [-0.05, 0) is 49.7 Å². The lowest BCUT2D eigenvalue weighted by atomic mass is 10.1. The molecule has 1 N–H and O–H groups in total. The van der Waals surface area contributed by atoms with Crippen molar-refractivity contribution in [1.29, 1.82) is 0 Å². The average molecular weight is 426 g/mol. The largest absolute Gasteiger partial charge is 0.416 e. The number of benzene rings is 2. The summed E-state index contributed by atoms with van der Waals surface area (Å²) in [6.45, 7) is 5.94. The van der Waals surface area contributed by atoms with E-state index in [9.17, 15) is 18.0 Å². The normalized spacial score (nSPS) is 16.6. The Bertz CT molecular complexity index is 880. The minimum absolute atomic E-state index is 0.136. The average Bonchev–Trinajstić information content (AvgIpc) is 2.70. The molecule has 0 aromatic heterocycles. The van der Waals surface area contributed by atoms with Crippen LogP contribution in [0.5, 0.6) is 0 Å². The molecule has 1 fully saturated rings. The van der Waals surface area contributed by atoms with E-state index in [-0.39, 0.29) is 11.9 Å². The van der Waals surface area contributed by atoms with Crippen molar-refractivity contribution < 1.29 is 18.0 Å². The van der Waals surface area contributed by atoms with Gasteiger partial charge in [0.25, 0.3) is 0 Å². The summed E-state index contributed by atoms with van der Waals surface area (Å²) in [5.74, 6) is -0.136. The number of nitrogens with one attached hydrogen (secondary N) is 1. The van der Waals surface area contributed by atoms with Crippen molar-refractivity contribution in [2.75, 3.05) is 36.4 Å². The van der Waals surface area contributed by atoms with Crippen LogP contribution in [0.2, 0.25) is 5.02 Å². The molecule has 0 radical (unpaired) electrons. The number of halogens is 4. The zero-order chi connectivity index (χ0) is 21.2. The Morgan fingerprint density at radius 1 is 1.10 bits per heavy atom. The third kappa shape index (κ3) is 5.03. The summed E-state index contributed by atoms with van der Waals surface area (Å²) in [5.41, 5.74) is 1.38. The smallest absolute Gasteiger partial charge is 0.369 e. The zero-order valence-electron chi connectivity index (χ0n) is 16.3. The van der Waals surface area contributed by atoms with Gasteiger partial charge in [0.05, 0.1) is 11.6 Å². The first-order valence-electron chi connectivity index (χ1n) is 9.39. The fourth-order valence-electron chi connectivity index (χ4n) is 3.39. The van der Waals surface area contributed by atoms with Crippen molar-refractivity contribution in [3.05, 3.63) is 58.6 Å². The van der Waals surface area contributed by atoms with Crippen LogP contribution in [0.3, 0.4) is 0 Å². The van der Waals surface area contributed by atoms with Gasteiger partial charge < -0.3 is 10.2 Å². The summed E-state index contributed by atoms with van der Waals surface area (Å²) in [5, 5.41) is 3.50. The van der Waals surface area contributed by atoms with E-state index >= 15 is 0 Å². The first-order chi connectivity index (χ1) is 13.7. The fraction of sp³-hybridized carbons (Fsp3) is 0.381. The molecule has 4 nitrogen and oxygen atoms in total. The van der Waals surface area contributed by atoms with Crippen LogP contribution in [0.4, 0.5) is 24.5 Å². The highest BCUT2D eigenvalue weighted by molar-refractivity contribution is 6.31. The third-order valence-electron chi connectivity index (χ3n) is 5.31. The molecule has 0 aliphatic carbocycles. The lowest BCUT2D eigenvalue weighted by molar-refractivity contribution is -0.137. The van der Waals surface area contributed by atoms with E-state index in [1.54, 1.807) is 24.3 Å². The number of anilines is 2. The number of hydrogen-bond donors (Lipinski definition) is 1. The van der Waals surface area contributed by atoms with Gasteiger partial charge in [0.15, 0.2) is 0 Å². The number of piperazine rings is 1. The molecular formula is C21H23ClF3N3O. The van der Waals surface area contributed by atoms with E-state index in [0.29, 0.717) is 42.6 Å². The lowest BCUT2D eigenvalue weighted by Gasteiger charge is -2.38. The molecule has 2 aromatic rings. The molecule has 2 aromatic carbocycles. The number of carbonyl (C=O) groups is 1. The molecule has 1 amide bonds. The molecular weight excluding hydrogens is 403 g/mol. The van der Waals surface area contributed by atoms with E-state index in [1.807, 2.05) is 23.6 Å². The monoisotopic (exact) mass is 425 g/mol. The number of amides is 1. The maximum Gasteiger partial charge on any atom is 0.416 e. The van der Waals surface area contributed by atoms with Gasteiger partial charge in [0.1, 0.15) is 0 Å². The van der Waals surface area contributed by atoms with Crippen LogP contribution in [0.15, 0.2) is 42.5 Å². The van der Waals surface area contributed by atoms with Crippen molar-refractivity contribution in [3.8, 4) is 0 Å². The van der Waals surface area contributed by atoms with Gasteiger partial charge in [-0.3, -0.25) is 9.69 Å². The van der Waals surface area contributed by atoms with Crippen LogP contribution in [-0.2, 0) is 11.0 Å². The van der Waals surface area contributed by atoms with Gasteiger partial charge in [-0.1, -0.05) is 23.7 Å². The minimum atomic E-state index is -4.36. The van der Waals surface area contributed by atoms with E-state index < -0.39 is 11.7 Å². The first-order valence-corrected chi connectivity index (χ1v) is 9.77. The Morgan fingerprint density at radius 3 is 2.41 bits per heavy atom. The van der Waals surface area contributed by atoms with Gasteiger partial charge in [0, 0.05) is 42.6 Å². The van der Waals surface area contributed by atoms with Gasteiger partial charge in [-0.25, -0.2) is 0 Å². The molecule has 156 valence electrons. The Hall–Kier alpha value is -2.25. The summed E-state index contributed by atoms with van der Waals surface area (Å²) in [6.07, 6.45) is -4.36. The molecule has 1 heterocycles. The first kappa shape index (κ1) is 21.5. The highest BCUT2D eigenvalue weighted by atomic mass is 35.5. The third-order valence-corrected chi connectivity index (χ3v) is 5.72. The van der Waals surface area contributed by atoms with Crippen LogP contribution in [0.25, 0.3) is 0 Å². The number of alkyl halides is 3. The second kappa shape index (κ2) is 8.63. The molecule has 1 atom stereocenters. The number of nitrogens with zero attached hydrogens (tertiary/aromatic N) is 2. The molecule has 0 saturated carbocycles. The summed E-state index contributed by atoms with van der Waals surface area (Å²) >= 11 is 6.10. The predicted octanol–water partition coefficient (Wildman–Crippen LogP) is 4.82. The molecule has 1 aliphatic rings. The zero-order valence-corrected chi connectivity index (χ0v) is 17.0. The molecule has 1 aliphatic heterocycles. The van der Waals surface area contributed by atoms with Crippen LogP contribution in [-0.4, -0.2) is 43.0 Å². The lowest BCUT2D eigenvalue weighted by Crippen LogP contribution is -2.52. The van der Waals surface area contributed by atoms with E-state index in [4.69, 9.17) is 11.6 Å². The van der Waals surface area contributed by atoms with Crippen molar-refractivity contribution in [1.82, 2.24) is 4.90 Å². The van der Waals surface area contributed by atoms with Crippen molar-refractivity contribution >= 4 is 28.9 Å². The summed E-state index contributed by atoms with van der Waals surface area (Å²) in [6, 6.07) is 10.3. The quantitative estimate of drug-likeness (QED) is 0.763. The van der Waals surface area contributed by atoms with E-state index in [1.165, 1.54) is 12.1 Å². The summed E-state index contributed by atoms with van der Waals surface area (Å²) in [4.78, 5) is 16.6. The Balaban J connectivity index is 1.60. The van der Waals surface area contributed by atoms with E-state index in [2.05, 4.69) is 5.32 Å². The van der Waals surface area contributed by atoms with Crippen LogP contribution < -0.4 is 10.2 Å². The maximum atomic E-state index is 12.9. The van der Waals surface area contributed by atoms with Crippen LogP contribution >= 0.6 is 11.6 Å². The number of rotatable bonds is 4. The second-order valence-corrected chi connectivity index (χ2v) is 7.56. The van der Waals surface area contributed by atoms with Gasteiger partial charge in [-0.2, -0.15) is 13.2 Å². The Labute approximate surface area is 173 Å². The number of carbonyl (C=O) groups excluding carboxylic acids is 1. The van der Waals surface area contributed by atoms with Crippen LogP contribution in [0, 0.1) is 6.92 Å². The molecule has 0 bridgehead atoms. The molecule has 1 unspecified atom stereocenters. The Morgan fingerprint density at radius 2 is 1.76 bits per heavy atom. The topological polar surface area (TPSA) is 35.6 Å². The fourth-order valence-corrected chi connectivity index (χ4v) is 3.57. The molecule has 3 rings (SSSR count). The van der Waals surface area contributed by atoms with Gasteiger partial charge >= 0.3 is 6.18 Å². The standard InChI is InChI=1S/C21H23ClF3N3O/c1-14-18(22)7-4-8-19(14)26-20(29)15(2)27-9-11-28(12-10-27)17-6-3-5-16(13-17)21(23,24)25/h3-8,13,15H,9-12H2,1-2H3,(H,26,29). The predicted molar refractivity (Wildman–Crippen MR) is 110 cm³/mol. The second-order valence-electron chi connectivity index (χ2n) is 7.15. The SMILES string of the molecule is Cc1c(Cl)cccc1NC(=O)C(C)N1CCN(c2cccc(C(F)(F)F)c2)CC1. The number of hydrogen-bond acceptors (Lipinski definition) is 3.